The molecule has 0 aliphatic heterocycles. The molecule has 1 amide bonds. The monoisotopic (exact) mass is 273 g/mol. The number of carbonyl (C=O) groups excluding carboxylic acids is 1. The van der Waals surface area contributed by atoms with Crippen molar-refractivity contribution in [2.75, 3.05) is 19.7 Å². The van der Waals surface area contributed by atoms with E-state index in [1.165, 1.54) is 0 Å². The summed E-state index contributed by atoms with van der Waals surface area (Å²) >= 11 is 0. The van der Waals surface area contributed by atoms with E-state index in [4.69, 9.17) is 5.11 Å². The first-order valence-electron chi connectivity index (χ1n) is 6.87. The Hall–Kier alpha value is -2.01. The molecule has 2 rings (SSSR count). The maximum atomic E-state index is 12.6. The number of unbranched alkanes of at least 4 members (excludes halogenated alkanes) is 1. The highest BCUT2D eigenvalue weighted by atomic mass is 16.3. The van der Waals surface area contributed by atoms with Gasteiger partial charge in [0.1, 0.15) is 5.52 Å². The number of hydrogen-bond acceptors (Lipinski definition) is 4. The molecule has 0 radical (unpaired) electrons. The third-order valence-electron chi connectivity index (χ3n) is 3.17. The number of aliphatic hydroxyl groups excluding tert-OH is 1. The van der Waals surface area contributed by atoms with E-state index in [1.807, 2.05) is 6.07 Å². The topological polar surface area (TPSA) is 66.3 Å². The van der Waals surface area contributed by atoms with Crippen molar-refractivity contribution in [3.63, 3.8) is 0 Å². The molecule has 20 heavy (non-hydrogen) atoms. The Balaban J connectivity index is 2.33. The van der Waals surface area contributed by atoms with Crippen LogP contribution < -0.4 is 0 Å². The Labute approximate surface area is 118 Å². The zero-order valence-electron chi connectivity index (χ0n) is 11.6. The molecule has 1 aromatic carbocycles. The van der Waals surface area contributed by atoms with E-state index in [9.17, 15) is 4.79 Å². The summed E-state index contributed by atoms with van der Waals surface area (Å²) in [6, 6.07) is 5.40. The van der Waals surface area contributed by atoms with Crippen LogP contribution >= 0.6 is 0 Å². The first kappa shape index (κ1) is 14.4. The number of fused-ring (bicyclic) bond motifs is 1. The van der Waals surface area contributed by atoms with Crippen molar-refractivity contribution >= 4 is 16.9 Å². The van der Waals surface area contributed by atoms with Gasteiger partial charge >= 0.3 is 0 Å². The van der Waals surface area contributed by atoms with E-state index >= 15 is 0 Å². The summed E-state index contributed by atoms with van der Waals surface area (Å²) in [5.74, 6) is -0.0985. The second-order valence-corrected chi connectivity index (χ2v) is 4.60. The van der Waals surface area contributed by atoms with E-state index in [2.05, 4.69) is 16.9 Å². The average molecular weight is 273 g/mol. The molecule has 0 spiro atoms. The van der Waals surface area contributed by atoms with Crippen molar-refractivity contribution < 1.29 is 9.90 Å². The number of hydrogen-bond donors (Lipinski definition) is 1. The highest BCUT2D eigenvalue weighted by Crippen LogP contribution is 2.16. The first-order valence-corrected chi connectivity index (χ1v) is 6.87. The van der Waals surface area contributed by atoms with Gasteiger partial charge < -0.3 is 10.0 Å². The van der Waals surface area contributed by atoms with Gasteiger partial charge in [0.15, 0.2) is 0 Å². The minimum Gasteiger partial charge on any atom is -0.395 e. The van der Waals surface area contributed by atoms with Crippen molar-refractivity contribution in [3.05, 3.63) is 36.2 Å². The number of nitrogens with zero attached hydrogens (tertiary/aromatic N) is 3. The molecule has 0 aliphatic rings. The minimum atomic E-state index is -0.0985. The van der Waals surface area contributed by atoms with E-state index in [-0.39, 0.29) is 12.5 Å². The Kier molecular flexibility index (Phi) is 5.01. The Bertz CT molecular complexity index is 581. The zero-order chi connectivity index (χ0) is 14.4. The molecule has 0 saturated heterocycles. The maximum absolute atomic E-state index is 12.6. The molecular weight excluding hydrogens is 254 g/mol. The third kappa shape index (κ3) is 3.11. The van der Waals surface area contributed by atoms with Gasteiger partial charge in [-0.3, -0.25) is 14.8 Å². The van der Waals surface area contributed by atoms with Gasteiger partial charge in [0.2, 0.25) is 0 Å². The quantitative estimate of drug-likeness (QED) is 0.872. The third-order valence-corrected chi connectivity index (χ3v) is 3.17. The van der Waals surface area contributed by atoms with E-state index in [0.29, 0.717) is 29.7 Å². The Morgan fingerprint density at radius 3 is 2.80 bits per heavy atom. The summed E-state index contributed by atoms with van der Waals surface area (Å²) in [6.45, 7) is 3.03. The van der Waals surface area contributed by atoms with Gasteiger partial charge in [-0.25, -0.2) is 0 Å². The molecule has 0 fully saturated rings. The molecule has 5 heteroatoms. The van der Waals surface area contributed by atoms with Crippen LogP contribution in [-0.2, 0) is 0 Å². The summed E-state index contributed by atoms with van der Waals surface area (Å²) in [5.41, 5.74) is 1.86. The summed E-state index contributed by atoms with van der Waals surface area (Å²) in [4.78, 5) is 22.7. The van der Waals surface area contributed by atoms with Crippen LogP contribution in [0.5, 0.6) is 0 Å². The number of aromatic nitrogens is 2. The van der Waals surface area contributed by atoms with Crippen molar-refractivity contribution in [1.82, 2.24) is 14.9 Å². The summed E-state index contributed by atoms with van der Waals surface area (Å²) in [6.07, 6.45) is 5.12. The van der Waals surface area contributed by atoms with Crippen molar-refractivity contribution in [3.8, 4) is 0 Å². The molecule has 1 N–H and O–H groups in total. The lowest BCUT2D eigenvalue weighted by Gasteiger charge is -2.22. The zero-order valence-corrected chi connectivity index (χ0v) is 11.6. The van der Waals surface area contributed by atoms with E-state index < -0.39 is 0 Å². The van der Waals surface area contributed by atoms with Gasteiger partial charge in [-0.05, 0) is 18.6 Å². The lowest BCUT2D eigenvalue weighted by Crippen LogP contribution is -2.34. The minimum absolute atomic E-state index is 0.0358. The van der Waals surface area contributed by atoms with Crippen LogP contribution in [0, 0.1) is 0 Å². The molecule has 1 heterocycles. The largest absolute Gasteiger partial charge is 0.395 e. The summed E-state index contributed by atoms with van der Waals surface area (Å²) in [5, 5.41) is 9.12. The van der Waals surface area contributed by atoms with Crippen molar-refractivity contribution in [2.24, 2.45) is 0 Å². The number of benzene rings is 1. The van der Waals surface area contributed by atoms with Crippen LogP contribution in [-0.4, -0.2) is 45.6 Å². The van der Waals surface area contributed by atoms with Crippen LogP contribution in [0.1, 0.15) is 30.1 Å². The molecule has 0 saturated carbocycles. The second kappa shape index (κ2) is 6.96. The smallest absolute Gasteiger partial charge is 0.256 e. The van der Waals surface area contributed by atoms with Crippen molar-refractivity contribution in [2.45, 2.75) is 19.8 Å². The Morgan fingerprint density at radius 2 is 2.05 bits per heavy atom. The highest BCUT2D eigenvalue weighted by Gasteiger charge is 2.18. The van der Waals surface area contributed by atoms with Crippen LogP contribution in [0.2, 0.25) is 0 Å². The fourth-order valence-corrected chi connectivity index (χ4v) is 2.12. The highest BCUT2D eigenvalue weighted by molar-refractivity contribution is 6.04. The lowest BCUT2D eigenvalue weighted by atomic mass is 10.1. The van der Waals surface area contributed by atoms with Gasteiger partial charge in [0.25, 0.3) is 5.91 Å². The van der Waals surface area contributed by atoms with Crippen LogP contribution in [0.4, 0.5) is 0 Å². The van der Waals surface area contributed by atoms with Gasteiger partial charge in [-0.2, -0.15) is 0 Å². The molecule has 0 aliphatic carbocycles. The van der Waals surface area contributed by atoms with Gasteiger partial charge in [0, 0.05) is 25.5 Å². The molecule has 0 unspecified atom stereocenters. The molecule has 2 aromatic rings. The number of carbonyl (C=O) groups is 1. The maximum Gasteiger partial charge on any atom is 0.256 e. The van der Waals surface area contributed by atoms with Gasteiger partial charge in [-0.15, -0.1) is 0 Å². The molecule has 0 bridgehead atoms. The normalized spacial score (nSPS) is 10.7. The predicted molar refractivity (Wildman–Crippen MR) is 77.4 cm³/mol. The molecular formula is C15H19N3O2. The number of rotatable bonds is 6. The first-order chi connectivity index (χ1) is 9.77. The SMILES string of the molecule is CCCCN(CCO)C(=O)c1cccc2nccnc12. The van der Waals surface area contributed by atoms with Crippen LogP contribution in [0.15, 0.2) is 30.6 Å². The second-order valence-electron chi connectivity index (χ2n) is 4.60. The molecule has 5 nitrogen and oxygen atoms in total. The standard InChI is InChI=1S/C15H19N3O2/c1-2-3-9-18(10-11-19)15(20)12-5-4-6-13-14(12)17-8-7-16-13/h4-8,19H,2-3,9-11H2,1H3. The Morgan fingerprint density at radius 1 is 1.25 bits per heavy atom. The number of amides is 1. The number of para-hydroxylation sites is 1. The molecule has 106 valence electrons. The summed E-state index contributed by atoms with van der Waals surface area (Å²) in [7, 11) is 0. The van der Waals surface area contributed by atoms with Gasteiger partial charge in [0.05, 0.1) is 17.7 Å². The van der Waals surface area contributed by atoms with E-state index in [1.54, 1.807) is 29.4 Å². The van der Waals surface area contributed by atoms with Crippen molar-refractivity contribution in [1.29, 1.82) is 0 Å². The number of aliphatic hydroxyl groups is 1. The fraction of sp³-hybridized carbons (Fsp3) is 0.400. The van der Waals surface area contributed by atoms with Crippen LogP contribution in [0.3, 0.4) is 0 Å². The average Bonchev–Trinajstić information content (AvgIpc) is 2.50. The fourth-order valence-electron chi connectivity index (χ4n) is 2.12. The lowest BCUT2D eigenvalue weighted by molar-refractivity contribution is 0.0721. The predicted octanol–water partition coefficient (Wildman–Crippen LogP) is 1.86. The molecule has 0 atom stereocenters. The molecule has 1 aromatic heterocycles. The van der Waals surface area contributed by atoms with E-state index in [0.717, 1.165) is 12.8 Å². The summed E-state index contributed by atoms with van der Waals surface area (Å²) < 4.78 is 0. The van der Waals surface area contributed by atoms with Crippen LogP contribution in [0.25, 0.3) is 11.0 Å². The van der Waals surface area contributed by atoms with Gasteiger partial charge in [-0.1, -0.05) is 19.4 Å².